The van der Waals surface area contributed by atoms with E-state index in [1.54, 1.807) is 25.7 Å². The SMILES string of the molecule is CCN(C(=O)OC(C)(C)C)C(CC(OC(C)=O)c1nc(C(=O)O)cs1)C(C)C. The number of nitrogens with zero attached hydrogens (tertiary/aromatic N) is 2. The molecule has 1 amide bonds. The molecule has 0 bridgehead atoms. The fourth-order valence-electron chi connectivity index (χ4n) is 2.73. The van der Waals surface area contributed by atoms with E-state index in [-0.39, 0.29) is 24.1 Å². The minimum atomic E-state index is -1.14. The number of carbonyl (C=O) groups is 3. The van der Waals surface area contributed by atoms with Crippen molar-refractivity contribution >= 4 is 29.4 Å². The number of carboxylic acids is 1. The Morgan fingerprint density at radius 1 is 1.29 bits per heavy atom. The third-order valence-electron chi connectivity index (χ3n) is 3.92. The van der Waals surface area contributed by atoms with Crippen LogP contribution in [0.2, 0.25) is 0 Å². The van der Waals surface area contributed by atoms with Crippen molar-refractivity contribution < 1.29 is 29.0 Å². The van der Waals surface area contributed by atoms with Gasteiger partial charge in [-0.25, -0.2) is 14.6 Å². The second kappa shape index (κ2) is 9.86. The van der Waals surface area contributed by atoms with Crippen LogP contribution in [0, 0.1) is 5.92 Å². The first-order valence-electron chi connectivity index (χ1n) is 9.21. The van der Waals surface area contributed by atoms with Gasteiger partial charge >= 0.3 is 18.0 Å². The molecule has 158 valence electrons. The number of rotatable bonds is 8. The molecule has 1 aromatic rings. The highest BCUT2D eigenvalue weighted by atomic mass is 32.1. The molecular weight excluding hydrogens is 384 g/mol. The van der Waals surface area contributed by atoms with E-state index < -0.39 is 29.7 Å². The van der Waals surface area contributed by atoms with Crippen molar-refractivity contribution in [2.45, 2.75) is 72.6 Å². The summed E-state index contributed by atoms with van der Waals surface area (Å²) in [6, 6.07) is -0.290. The highest BCUT2D eigenvalue weighted by Crippen LogP contribution is 2.31. The molecule has 1 heterocycles. The van der Waals surface area contributed by atoms with Gasteiger partial charge in [-0.1, -0.05) is 13.8 Å². The smallest absolute Gasteiger partial charge is 0.410 e. The van der Waals surface area contributed by atoms with Crippen LogP contribution in [-0.4, -0.2) is 51.2 Å². The summed E-state index contributed by atoms with van der Waals surface area (Å²) in [5.41, 5.74) is -0.731. The van der Waals surface area contributed by atoms with Crippen LogP contribution >= 0.6 is 11.3 Å². The van der Waals surface area contributed by atoms with E-state index in [9.17, 15) is 14.4 Å². The predicted octanol–water partition coefficient (Wildman–Crippen LogP) is 4.12. The Labute approximate surface area is 169 Å². The zero-order valence-corrected chi connectivity index (χ0v) is 18.3. The summed E-state index contributed by atoms with van der Waals surface area (Å²) in [5.74, 6) is -1.60. The van der Waals surface area contributed by atoms with Crippen molar-refractivity contribution in [1.82, 2.24) is 9.88 Å². The summed E-state index contributed by atoms with van der Waals surface area (Å²) in [6.07, 6.45) is -0.906. The van der Waals surface area contributed by atoms with Crippen LogP contribution in [0.15, 0.2) is 5.38 Å². The summed E-state index contributed by atoms with van der Waals surface area (Å²) in [6.45, 7) is 12.9. The molecule has 1 rings (SSSR count). The zero-order chi connectivity index (χ0) is 21.6. The van der Waals surface area contributed by atoms with Gasteiger partial charge in [0.05, 0.1) is 0 Å². The Morgan fingerprint density at radius 3 is 2.29 bits per heavy atom. The second-order valence-electron chi connectivity index (χ2n) is 7.79. The van der Waals surface area contributed by atoms with Crippen molar-refractivity contribution in [3.63, 3.8) is 0 Å². The zero-order valence-electron chi connectivity index (χ0n) is 17.5. The van der Waals surface area contributed by atoms with Gasteiger partial charge in [-0.15, -0.1) is 11.3 Å². The predicted molar refractivity (Wildman–Crippen MR) is 105 cm³/mol. The van der Waals surface area contributed by atoms with Gasteiger partial charge in [0.2, 0.25) is 0 Å². The molecule has 0 aliphatic rings. The van der Waals surface area contributed by atoms with Crippen LogP contribution in [0.5, 0.6) is 0 Å². The fraction of sp³-hybridized carbons (Fsp3) is 0.684. The summed E-state index contributed by atoms with van der Waals surface area (Å²) in [7, 11) is 0. The minimum Gasteiger partial charge on any atom is -0.476 e. The maximum Gasteiger partial charge on any atom is 0.410 e. The number of amides is 1. The maximum atomic E-state index is 12.7. The standard InChI is InChI=1S/C19H30N2O6S/c1-8-21(18(25)27-19(5,6)7)14(11(2)3)9-15(26-12(4)22)16-20-13(10-28-16)17(23)24/h10-11,14-15H,8-9H2,1-7H3,(H,23,24). The van der Waals surface area contributed by atoms with Gasteiger partial charge < -0.3 is 19.5 Å². The molecular formula is C19H30N2O6S. The molecule has 0 aliphatic carbocycles. The Bertz CT molecular complexity index is 695. The van der Waals surface area contributed by atoms with Gasteiger partial charge in [-0.05, 0) is 33.6 Å². The van der Waals surface area contributed by atoms with Gasteiger partial charge in [-0.2, -0.15) is 0 Å². The number of hydrogen-bond donors (Lipinski definition) is 1. The third kappa shape index (κ3) is 7.10. The van der Waals surface area contributed by atoms with Crippen molar-refractivity contribution in [1.29, 1.82) is 0 Å². The topological polar surface area (TPSA) is 106 Å². The number of aromatic carboxylic acids is 1. The molecule has 2 unspecified atom stereocenters. The lowest BCUT2D eigenvalue weighted by atomic mass is 9.96. The summed E-state index contributed by atoms with van der Waals surface area (Å²) < 4.78 is 10.9. The summed E-state index contributed by atoms with van der Waals surface area (Å²) in [4.78, 5) is 41.1. The van der Waals surface area contributed by atoms with E-state index in [1.165, 1.54) is 12.3 Å². The first-order chi connectivity index (χ1) is 12.9. The Hall–Kier alpha value is -2.16. The number of hydrogen-bond acceptors (Lipinski definition) is 7. The Balaban J connectivity index is 3.15. The monoisotopic (exact) mass is 414 g/mol. The maximum absolute atomic E-state index is 12.7. The highest BCUT2D eigenvalue weighted by molar-refractivity contribution is 7.09. The summed E-state index contributed by atoms with van der Waals surface area (Å²) in [5, 5.41) is 10.9. The van der Waals surface area contributed by atoms with Crippen molar-refractivity contribution in [3.05, 3.63) is 16.1 Å². The Kier molecular flexibility index (Phi) is 8.41. The van der Waals surface area contributed by atoms with Crippen molar-refractivity contribution in [3.8, 4) is 0 Å². The molecule has 0 aromatic carbocycles. The van der Waals surface area contributed by atoms with E-state index >= 15 is 0 Å². The first-order valence-corrected chi connectivity index (χ1v) is 10.1. The van der Waals surface area contributed by atoms with E-state index in [0.717, 1.165) is 11.3 Å². The minimum absolute atomic E-state index is 0.0458. The van der Waals surface area contributed by atoms with Gasteiger partial charge in [0.1, 0.15) is 10.6 Å². The molecule has 0 aliphatic heterocycles. The van der Waals surface area contributed by atoms with Gasteiger partial charge in [-0.3, -0.25) is 4.79 Å². The molecule has 0 saturated carbocycles. The molecule has 0 saturated heterocycles. The molecule has 9 heteroatoms. The van der Waals surface area contributed by atoms with Gasteiger partial charge in [0, 0.05) is 31.3 Å². The fourth-order valence-corrected chi connectivity index (χ4v) is 3.56. The quantitative estimate of drug-likeness (QED) is 0.638. The van der Waals surface area contributed by atoms with Crippen LogP contribution < -0.4 is 0 Å². The van der Waals surface area contributed by atoms with Crippen molar-refractivity contribution in [2.75, 3.05) is 6.54 Å². The van der Waals surface area contributed by atoms with Crippen LogP contribution in [0.25, 0.3) is 0 Å². The third-order valence-corrected chi connectivity index (χ3v) is 4.86. The van der Waals surface area contributed by atoms with E-state index in [2.05, 4.69) is 4.98 Å². The van der Waals surface area contributed by atoms with Crippen LogP contribution in [0.3, 0.4) is 0 Å². The lowest BCUT2D eigenvalue weighted by Gasteiger charge is -2.36. The summed E-state index contributed by atoms with van der Waals surface area (Å²) >= 11 is 1.12. The van der Waals surface area contributed by atoms with Crippen LogP contribution in [0.4, 0.5) is 4.79 Å². The van der Waals surface area contributed by atoms with Gasteiger partial charge in [0.15, 0.2) is 11.8 Å². The second-order valence-corrected chi connectivity index (χ2v) is 8.68. The van der Waals surface area contributed by atoms with Crippen LogP contribution in [-0.2, 0) is 14.3 Å². The van der Waals surface area contributed by atoms with E-state index in [1.807, 2.05) is 20.8 Å². The molecule has 28 heavy (non-hydrogen) atoms. The molecule has 1 aromatic heterocycles. The van der Waals surface area contributed by atoms with Crippen LogP contribution in [0.1, 0.15) is 76.5 Å². The molecule has 2 atom stereocenters. The van der Waals surface area contributed by atoms with E-state index in [0.29, 0.717) is 11.6 Å². The lowest BCUT2D eigenvalue weighted by Crippen LogP contribution is -2.46. The normalized spacial score (nSPS) is 13.7. The average molecular weight is 415 g/mol. The number of aromatic nitrogens is 1. The number of esters is 1. The number of carboxylic acid groups (broad SMARTS) is 1. The number of thiazole rings is 1. The molecule has 0 fully saturated rings. The lowest BCUT2D eigenvalue weighted by molar-refractivity contribution is -0.147. The number of carbonyl (C=O) groups excluding carboxylic acids is 2. The molecule has 8 nitrogen and oxygen atoms in total. The first kappa shape index (κ1) is 23.9. The van der Waals surface area contributed by atoms with E-state index in [4.69, 9.17) is 14.6 Å². The Morgan fingerprint density at radius 2 is 1.89 bits per heavy atom. The molecule has 0 spiro atoms. The van der Waals surface area contributed by atoms with Crippen molar-refractivity contribution in [2.24, 2.45) is 5.92 Å². The largest absolute Gasteiger partial charge is 0.476 e. The molecule has 1 N–H and O–H groups in total. The van der Waals surface area contributed by atoms with Gasteiger partial charge in [0.25, 0.3) is 0 Å². The average Bonchev–Trinajstić information content (AvgIpc) is 3.01. The number of ether oxygens (including phenoxy) is 2. The molecule has 0 radical (unpaired) electrons. The highest BCUT2D eigenvalue weighted by Gasteiger charge is 2.33.